The van der Waals surface area contributed by atoms with E-state index in [1.807, 2.05) is 0 Å². The molecule has 0 fully saturated rings. The van der Waals surface area contributed by atoms with Crippen molar-refractivity contribution in [1.29, 1.82) is 0 Å². The second-order valence-corrected chi connectivity index (χ2v) is 2.85. The van der Waals surface area contributed by atoms with Crippen LogP contribution in [0, 0.1) is 0 Å². The van der Waals surface area contributed by atoms with Gasteiger partial charge in [-0.3, -0.25) is 4.79 Å². The maximum atomic E-state index is 11.3. The minimum Gasteiger partial charge on any atom is -0.480 e. The van der Waals surface area contributed by atoms with Crippen LogP contribution in [0.15, 0.2) is 12.7 Å². The molecule has 1 atom stereocenters. The van der Waals surface area contributed by atoms with Crippen molar-refractivity contribution in [1.82, 2.24) is 4.90 Å². The van der Waals surface area contributed by atoms with Crippen LogP contribution in [0.5, 0.6) is 0 Å². The van der Waals surface area contributed by atoms with E-state index in [1.165, 1.54) is 18.9 Å². The van der Waals surface area contributed by atoms with Crippen LogP contribution in [0.1, 0.15) is 19.8 Å². The maximum Gasteiger partial charge on any atom is 0.326 e. The summed E-state index contributed by atoms with van der Waals surface area (Å²) >= 11 is 0. The Labute approximate surface area is 77.8 Å². The Morgan fingerprint density at radius 3 is 2.54 bits per heavy atom. The molecule has 0 saturated carbocycles. The molecule has 1 N–H and O–H groups in total. The van der Waals surface area contributed by atoms with Gasteiger partial charge in [0.25, 0.3) is 0 Å². The molecule has 0 spiro atoms. The standard InChI is InChI=1S/C9H15NO3/c1-4-5-6-8(11)10(3)7(2)9(12)13/h4,7H,1,5-6H2,2-3H3,(H,12,13). The first-order valence-corrected chi connectivity index (χ1v) is 4.10. The molecule has 0 aliphatic rings. The van der Waals surface area contributed by atoms with Gasteiger partial charge in [-0.15, -0.1) is 6.58 Å². The van der Waals surface area contributed by atoms with E-state index in [0.717, 1.165) is 0 Å². The van der Waals surface area contributed by atoms with Gasteiger partial charge in [-0.25, -0.2) is 4.79 Å². The predicted octanol–water partition coefficient (Wildman–Crippen LogP) is 0.884. The van der Waals surface area contributed by atoms with Gasteiger partial charge >= 0.3 is 5.97 Å². The summed E-state index contributed by atoms with van der Waals surface area (Å²) in [7, 11) is 1.49. The van der Waals surface area contributed by atoms with Gasteiger partial charge in [0.2, 0.25) is 5.91 Å². The number of amides is 1. The second-order valence-electron chi connectivity index (χ2n) is 2.85. The lowest BCUT2D eigenvalue weighted by molar-refractivity contribution is -0.148. The molecular formula is C9H15NO3. The van der Waals surface area contributed by atoms with Crippen molar-refractivity contribution in [2.75, 3.05) is 7.05 Å². The number of carbonyl (C=O) groups excluding carboxylic acids is 1. The minimum absolute atomic E-state index is 0.171. The van der Waals surface area contributed by atoms with E-state index in [1.54, 1.807) is 6.08 Å². The fourth-order valence-corrected chi connectivity index (χ4v) is 0.784. The highest BCUT2D eigenvalue weighted by Crippen LogP contribution is 2.01. The van der Waals surface area contributed by atoms with Crippen LogP contribution in [0.2, 0.25) is 0 Å². The molecule has 4 nitrogen and oxygen atoms in total. The third-order valence-corrected chi connectivity index (χ3v) is 1.89. The zero-order chi connectivity index (χ0) is 10.4. The molecule has 0 heterocycles. The molecule has 0 radical (unpaired) electrons. The van der Waals surface area contributed by atoms with Crippen LogP contribution in [0.4, 0.5) is 0 Å². The summed E-state index contributed by atoms with van der Waals surface area (Å²) in [6.07, 6.45) is 2.53. The molecule has 13 heavy (non-hydrogen) atoms. The fraction of sp³-hybridized carbons (Fsp3) is 0.556. The van der Waals surface area contributed by atoms with E-state index in [0.29, 0.717) is 12.8 Å². The van der Waals surface area contributed by atoms with E-state index < -0.39 is 12.0 Å². The van der Waals surface area contributed by atoms with Gasteiger partial charge in [-0.1, -0.05) is 6.08 Å². The van der Waals surface area contributed by atoms with Crippen LogP contribution in [-0.2, 0) is 9.59 Å². The third kappa shape index (κ3) is 3.73. The first-order chi connectivity index (χ1) is 6.00. The predicted molar refractivity (Wildman–Crippen MR) is 49.3 cm³/mol. The fourth-order valence-electron chi connectivity index (χ4n) is 0.784. The Hall–Kier alpha value is -1.32. The first-order valence-electron chi connectivity index (χ1n) is 4.10. The normalized spacial score (nSPS) is 11.8. The van der Waals surface area contributed by atoms with E-state index in [9.17, 15) is 9.59 Å². The highest BCUT2D eigenvalue weighted by atomic mass is 16.4. The number of likely N-dealkylation sites (N-methyl/N-ethyl adjacent to an activating group) is 1. The highest BCUT2D eigenvalue weighted by molar-refractivity contribution is 5.83. The van der Waals surface area contributed by atoms with E-state index in [4.69, 9.17) is 5.11 Å². The van der Waals surface area contributed by atoms with E-state index in [-0.39, 0.29) is 5.91 Å². The summed E-state index contributed by atoms with van der Waals surface area (Å²) < 4.78 is 0. The summed E-state index contributed by atoms with van der Waals surface area (Å²) in [5.41, 5.74) is 0. The molecule has 74 valence electrons. The highest BCUT2D eigenvalue weighted by Gasteiger charge is 2.20. The number of rotatable bonds is 5. The summed E-state index contributed by atoms with van der Waals surface area (Å²) in [4.78, 5) is 23.0. The van der Waals surface area contributed by atoms with Gasteiger partial charge in [-0.2, -0.15) is 0 Å². The molecule has 0 rings (SSSR count). The molecule has 1 amide bonds. The molecule has 0 saturated heterocycles. The minimum atomic E-state index is -0.991. The van der Waals surface area contributed by atoms with Gasteiger partial charge in [0, 0.05) is 13.5 Å². The maximum absolute atomic E-state index is 11.3. The van der Waals surface area contributed by atoms with Crippen LogP contribution >= 0.6 is 0 Å². The lowest BCUT2D eigenvalue weighted by atomic mass is 10.2. The van der Waals surface area contributed by atoms with Gasteiger partial charge in [0.05, 0.1) is 0 Å². The van der Waals surface area contributed by atoms with Crippen molar-refractivity contribution in [2.24, 2.45) is 0 Å². The first kappa shape index (κ1) is 11.7. The van der Waals surface area contributed by atoms with Gasteiger partial charge in [0.1, 0.15) is 6.04 Å². The van der Waals surface area contributed by atoms with Gasteiger partial charge in [-0.05, 0) is 13.3 Å². The molecule has 0 aromatic rings. The van der Waals surface area contributed by atoms with Gasteiger partial charge < -0.3 is 10.0 Å². The molecule has 0 aliphatic heterocycles. The Morgan fingerprint density at radius 2 is 2.15 bits per heavy atom. The number of hydrogen-bond donors (Lipinski definition) is 1. The van der Waals surface area contributed by atoms with E-state index >= 15 is 0 Å². The van der Waals surface area contributed by atoms with Gasteiger partial charge in [0.15, 0.2) is 0 Å². The largest absolute Gasteiger partial charge is 0.480 e. The third-order valence-electron chi connectivity index (χ3n) is 1.89. The van der Waals surface area contributed by atoms with Crippen molar-refractivity contribution in [2.45, 2.75) is 25.8 Å². The molecule has 0 aliphatic carbocycles. The lowest BCUT2D eigenvalue weighted by Crippen LogP contribution is -2.40. The number of aliphatic carboxylic acids is 1. The molecule has 4 heteroatoms. The Bertz CT molecular complexity index is 213. The monoisotopic (exact) mass is 185 g/mol. The van der Waals surface area contributed by atoms with Crippen LogP contribution in [0.3, 0.4) is 0 Å². The van der Waals surface area contributed by atoms with E-state index in [2.05, 4.69) is 6.58 Å². The zero-order valence-corrected chi connectivity index (χ0v) is 7.99. The summed E-state index contributed by atoms with van der Waals surface area (Å²) in [6, 6.07) is -0.766. The summed E-state index contributed by atoms with van der Waals surface area (Å²) in [6.45, 7) is 4.97. The van der Waals surface area contributed by atoms with Crippen molar-refractivity contribution < 1.29 is 14.7 Å². The number of carboxylic acids is 1. The Kier molecular flexibility index (Phi) is 4.80. The van der Waals surface area contributed by atoms with Crippen LogP contribution < -0.4 is 0 Å². The van der Waals surface area contributed by atoms with Crippen molar-refractivity contribution >= 4 is 11.9 Å². The Morgan fingerprint density at radius 1 is 1.62 bits per heavy atom. The number of nitrogens with zero attached hydrogens (tertiary/aromatic N) is 1. The summed E-state index contributed by atoms with van der Waals surface area (Å²) in [5, 5.41) is 8.61. The number of carboxylic acid groups (broad SMARTS) is 1. The van der Waals surface area contributed by atoms with Crippen LogP contribution in [0.25, 0.3) is 0 Å². The topological polar surface area (TPSA) is 57.6 Å². The molecule has 0 aromatic heterocycles. The average Bonchev–Trinajstić information content (AvgIpc) is 2.11. The van der Waals surface area contributed by atoms with Crippen molar-refractivity contribution in [3.63, 3.8) is 0 Å². The quantitative estimate of drug-likeness (QED) is 0.647. The molecule has 0 aromatic carbocycles. The summed E-state index contributed by atoms with van der Waals surface area (Å²) in [5.74, 6) is -1.16. The smallest absolute Gasteiger partial charge is 0.326 e. The average molecular weight is 185 g/mol. The van der Waals surface area contributed by atoms with Crippen LogP contribution in [-0.4, -0.2) is 35.0 Å². The number of carbonyl (C=O) groups is 2. The zero-order valence-electron chi connectivity index (χ0n) is 7.99. The molecule has 1 unspecified atom stereocenters. The SMILES string of the molecule is C=CCCC(=O)N(C)C(C)C(=O)O. The molecular weight excluding hydrogens is 170 g/mol. The number of hydrogen-bond acceptors (Lipinski definition) is 2. The van der Waals surface area contributed by atoms with Crippen molar-refractivity contribution in [3.8, 4) is 0 Å². The Balaban J connectivity index is 4.08. The second kappa shape index (κ2) is 5.35. The lowest BCUT2D eigenvalue weighted by Gasteiger charge is -2.20. The number of allylic oxidation sites excluding steroid dienone is 1. The molecule has 0 bridgehead atoms. The van der Waals surface area contributed by atoms with Crippen molar-refractivity contribution in [3.05, 3.63) is 12.7 Å².